The zero-order valence-electron chi connectivity index (χ0n) is 16.0. The molecule has 2 N–H and O–H groups in total. The number of pyridine rings is 2. The Morgan fingerprint density at radius 3 is 2.76 bits per heavy atom. The van der Waals surface area contributed by atoms with Crippen molar-refractivity contribution in [3.05, 3.63) is 49.1 Å². The van der Waals surface area contributed by atoms with Gasteiger partial charge < -0.3 is 4.74 Å². The third kappa shape index (κ3) is 3.78. The van der Waals surface area contributed by atoms with Crippen molar-refractivity contribution in [1.29, 1.82) is 0 Å². The maximum absolute atomic E-state index is 12.4. The Bertz CT molecular complexity index is 1060. The molecule has 4 amide bonds. The molecule has 1 atom stereocenters. The topological polar surface area (TPSA) is 111 Å². The van der Waals surface area contributed by atoms with Crippen molar-refractivity contribution in [3.63, 3.8) is 0 Å². The van der Waals surface area contributed by atoms with Gasteiger partial charge >= 0.3 is 12.1 Å². The van der Waals surface area contributed by atoms with Gasteiger partial charge in [0.25, 0.3) is 0 Å². The summed E-state index contributed by atoms with van der Waals surface area (Å²) in [7, 11) is 3.41. The lowest BCUT2D eigenvalue weighted by Gasteiger charge is -2.21. The number of nitrogens with zero attached hydrogens (tertiary/aromatic N) is 5. The van der Waals surface area contributed by atoms with Crippen LogP contribution in [0.1, 0.15) is 0 Å². The Labute approximate surface area is 166 Å². The van der Waals surface area contributed by atoms with E-state index in [-0.39, 0.29) is 10.5 Å². The molecular formula is C19H20N7O3+. The van der Waals surface area contributed by atoms with E-state index < -0.39 is 6.03 Å². The fourth-order valence-corrected chi connectivity index (χ4v) is 2.93. The number of ether oxygens (including phenoxy) is 1. The quantitative estimate of drug-likeness (QED) is 0.657. The van der Waals surface area contributed by atoms with Gasteiger partial charge in [0, 0.05) is 31.1 Å². The number of amides is 4. The third-order valence-electron chi connectivity index (χ3n) is 4.67. The SMILES string of the molecule is Cn1cc(-c2cc(Oc3ccc(NC(=O)[N+]4(C)CCNC4=O)nc3)ccn2)cn1. The summed E-state index contributed by atoms with van der Waals surface area (Å²) in [5.74, 6) is 1.45. The van der Waals surface area contributed by atoms with Crippen LogP contribution in [0.5, 0.6) is 11.5 Å². The minimum absolute atomic E-state index is 0.329. The average Bonchev–Trinajstić information content (AvgIpc) is 3.30. The number of carbonyl (C=O) groups is 2. The molecule has 4 heterocycles. The van der Waals surface area contributed by atoms with Gasteiger partial charge in [0.05, 0.1) is 31.7 Å². The number of urea groups is 2. The number of hydrogen-bond acceptors (Lipinski definition) is 6. The van der Waals surface area contributed by atoms with Crippen LogP contribution in [0.3, 0.4) is 0 Å². The summed E-state index contributed by atoms with van der Waals surface area (Å²) in [4.78, 5) is 32.8. The van der Waals surface area contributed by atoms with Crippen LogP contribution in [0.15, 0.2) is 49.1 Å². The van der Waals surface area contributed by atoms with Gasteiger partial charge in [-0.1, -0.05) is 0 Å². The molecule has 0 aliphatic carbocycles. The first kappa shape index (κ1) is 18.6. The number of aromatic nitrogens is 4. The van der Waals surface area contributed by atoms with Crippen LogP contribution in [0.4, 0.5) is 15.4 Å². The second-order valence-electron chi connectivity index (χ2n) is 6.84. The van der Waals surface area contributed by atoms with E-state index in [2.05, 4.69) is 25.7 Å². The van der Waals surface area contributed by atoms with E-state index in [1.54, 1.807) is 42.3 Å². The molecule has 1 aliphatic heterocycles. The Morgan fingerprint density at radius 1 is 1.24 bits per heavy atom. The molecule has 1 saturated heterocycles. The summed E-state index contributed by atoms with van der Waals surface area (Å²) >= 11 is 0. The predicted molar refractivity (Wildman–Crippen MR) is 104 cm³/mol. The lowest BCUT2D eigenvalue weighted by Crippen LogP contribution is -2.53. The molecule has 0 radical (unpaired) electrons. The third-order valence-corrected chi connectivity index (χ3v) is 4.67. The largest absolute Gasteiger partial charge is 0.456 e. The molecule has 148 valence electrons. The van der Waals surface area contributed by atoms with Gasteiger partial charge in [0.15, 0.2) is 0 Å². The molecule has 1 unspecified atom stereocenters. The fourth-order valence-electron chi connectivity index (χ4n) is 2.93. The predicted octanol–water partition coefficient (Wildman–Crippen LogP) is 2.37. The maximum Gasteiger partial charge on any atom is 0.431 e. The van der Waals surface area contributed by atoms with E-state index >= 15 is 0 Å². The highest BCUT2D eigenvalue weighted by atomic mass is 16.5. The average molecular weight is 394 g/mol. The smallest absolute Gasteiger partial charge is 0.431 e. The maximum atomic E-state index is 12.4. The van der Waals surface area contributed by atoms with Crippen molar-refractivity contribution < 1.29 is 18.8 Å². The first-order valence-corrected chi connectivity index (χ1v) is 8.98. The van der Waals surface area contributed by atoms with Gasteiger partial charge in [-0.25, -0.2) is 14.6 Å². The Kier molecular flexibility index (Phi) is 4.69. The number of likely N-dealkylation sites (N-methyl/N-ethyl adjacent to an activating group) is 1. The van der Waals surface area contributed by atoms with E-state index in [0.717, 1.165) is 11.3 Å². The van der Waals surface area contributed by atoms with Crippen LogP contribution in [-0.4, -0.2) is 56.4 Å². The van der Waals surface area contributed by atoms with Gasteiger partial charge in [-0.15, -0.1) is 0 Å². The van der Waals surface area contributed by atoms with E-state index in [1.165, 1.54) is 6.20 Å². The van der Waals surface area contributed by atoms with Gasteiger partial charge in [-0.05, 0) is 18.2 Å². The number of imide groups is 1. The van der Waals surface area contributed by atoms with Crippen LogP contribution >= 0.6 is 0 Å². The number of rotatable bonds is 4. The summed E-state index contributed by atoms with van der Waals surface area (Å²) in [6, 6.07) is 6.10. The molecule has 29 heavy (non-hydrogen) atoms. The number of nitrogens with one attached hydrogen (secondary N) is 2. The first-order valence-electron chi connectivity index (χ1n) is 8.98. The molecule has 3 aromatic rings. The second-order valence-corrected chi connectivity index (χ2v) is 6.84. The lowest BCUT2D eigenvalue weighted by molar-refractivity contribution is -0.731. The molecule has 3 aromatic heterocycles. The standard InChI is InChI=1S/C19H19N7O3/c1-25-12-13(10-23-25)16-9-14(5-6-20-16)29-15-3-4-17(22-11-15)24-19(28)26(2)8-7-21-18(26)27/h3-6,9-12H,7-8H2,1-2H3,(H-,21,22,24,27,28)/p+1. The second kappa shape index (κ2) is 7.32. The zero-order chi connectivity index (χ0) is 20.4. The summed E-state index contributed by atoms with van der Waals surface area (Å²) < 4.78 is 7.18. The van der Waals surface area contributed by atoms with Gasteiger partial charge in [0.2, 0.25) is 0 Å². The highest BCUT2D eigenvalue weighted by Gasteiger charge is 2.45. The first-order chi connectivity index (χ1) is 13.9. The van der Waals surface area contributed by atoms with E-state index in [1.807, 2.05) is 19.3 Å². The van der Waals surface area contributed by atoms with Gasteiger partial charge in [0.1, 0.15) is 23.9 Å². The van der Waals surface area contributed by atoms with Crippen LogP contribution in [0.25, 0.3) is 11.3 Å². The molecule has 0 saturated carbocycles. The van der Waals surface area contributed by atoms with E-state index in [0.29, 0.717) is 30.4 Å². The summed E-state index contributed by atoms with van der Waals surface area (Å²) in [6.45, 7) is 0.864. The molecule has 1 fully saturated rings. The Morgan fingerprint density at radius 2 is 2.10 bits per heavy atom. The van der Waals surface area contributed by atoms with Crippen LogP contribution < -0.4 is 15.4 Å². The highest BCUT2D eigenvalue weighted by molar-refractivity contribution is 5.91. The van der Waals surface area contributed by atoms with Crippen molar-refractivity contribution in [1.82, 2.24) is 25.1 Å². The number of hydrogen-bond donors (Lipinski definition) is 2. The van der Waals surface area contributed by atoms with Crippen molar-refractivity contribution >= 4 is 17.9 Å². The molecule has 10 heteroatoms. The van der Waals surface area contributed by atoms with Crippen LogP contribution in [0, 0.1) is 0 Å². The summed E-state index contributed by atoms with van der Waals surface area (Å²) in [6.07, 6.45) is 6.76. The number of anilines is 1. The van der Waals surface area contributed by atoms with E-state index in [9.17, 15) is 9.59 Å². The van der Waals surface area contributed by atoms with Crippen molar-refractivity contribution in [2.24, 2.45) is 7.05 Å². The minimum Gasteiger partial charge on any atom is -0.456 e. The molecular weight excluding hydrogens is 374 g/mol. The monoisotopic (exact) mass is 394 g/mol. The number of carbonyl (C=O) groups excluding carboxylic acids is 2. The van der Waals surface area contributed by atoms with Crippen LogP contribution in [-0.2, 0) is 7.05 Å². The number of quaternary nitrogens is 1. The summed E-state index contributed by atoms with van der Waals surface area (Å²) in [5, 5.41) is 9.46. The Balaban J connectivity index is 1.44. The molecule has 4 rings (SSSR count). The molecule has 0 bridgehead atoms. The molecule has 1 aliphatic rings. The van der Waals surface area contributed by atoms with Gasteiger partial charge in [-0.2, -0.15) is 9.58 Å². The van der Waals surface area contributed by atoms with Crippen molar-refractivity contribution in [2.75, 3.05) is 25.5 Å². The normalized spacial score (nSPS) is 18.3. The highest BCUT2D eigenvalue weighted by Crippen LogP contribution is 2.25. The zero-order valence-corrected chi connectivity index (χ0v) is 16.0. The van der Waals surface area contributed by atoms with Crippen molar-refractivity contribution in [2.45, 2.75) is 0 Å². The van der Waals surface area contributed by atoms with Crippen molar-refractivity contribution in [3.8, 4) is 22.8 Å². The number of aryl methyl sites for hydroxylation is 1. The van der Waals surface area contributed by atoms with Gasteiger partial charge in [-0.3, -0.25) is 20.3 Å². The van der Waals surface area contributed by atoms with E-state index in [4.69, 9.17) is 4.74 Å². The molecule has 0 aromatic carbocycles. The fraction of sp³-hybridized carbons (Fsp3) is 0.211. The van der Waals surface area contributed by atoms with Crippen LogP contribution in [0.2, 0.25) is 0 Å². The minimum atomic E-state index is -0.434. The molecule has 0 spiro atoms. The molecule has 10 nitrogen and oxygen atoms in total. The lowest BCUT2D eigenvalue weighted by atomic mass is 10.2. The Hall–Kier alpha value is -3.79. The summed E-state index contributed by atoms with van der Waals surface area (Å²) in [5.41, 5.74) is 1.63.